The molecule has 126 valence electrons. The molecule has 1 aromatic heterocycles. The minimum Gasteiger partial charge on any atom is -0.459 e. The van der Waals surface area contributed by atoms with Crippen molar-refractivity contribution >= 4 is 28.9 Å². The van der Waals surface area contributed by atoms with Gasteiger partial charge in [0.2, 0.25) is 0 Å². The molecule has 2 aromatic rings. The Morgan fingerprint density at radius 3 is 2.88 bits per heavy atom. The highest BCUT2D eigenvalue weighted by Crippen LogP contribution is 2.36. The summed E-state index contributed by atoms with van der Waals surface area (Å²) in [5, 5.41) is 4.74. The molecule has 24 heavy (non-hydrogen) atoms. The quantitative estimate of drug-likeness (QED) is 0.669. The van der Waals surface area contributed by atoms with E-state index in [0.717, 1.165) is 17.8 Å². The Morgan fingerprint density at radius 1 is 1.29 bits per heavy atom. The molecule has 1 aliphatic heterocycles. The van der Waals surface area contributed by atoms with Crippen LogP contribution in [-0.2, 0) is 20.7 Å². The van der Waals surface area contributed by atoms with E-state index in [-0.39, 0.29) is 12.6 Å². The molecule has 0 aliphatic carbocycles. The number of anilines is 1. The molecule has 5 nitrogen and oxygen atoms in total. The number of carbonyl (C=O) groups excluding carboxylic acids is 2. The van der Waals surface area contributed by atoms with Gasteiger partial charge < -0.3 is 15.0 Å². The Labute approximate surface area is 145 Å². The number of ether oxygens (including phenoxy) is 1. The Morgan fingerprint density at radius 2 is 2.12 bits per heavy atom. The zero-order valence-corrected chi connectivity index (χ0v) is 14.3. The topological polar surface area (TPSA) is 58.6 Å². The van der Waals surface area contributed by atoms with Crippen LogP contribution in [0.3, 0.4) is 0 Å². The fraction of sp³-hybridized carbons (Fsp3) is 0.333. The van der Waals surface area contributed by atoms with E-state index >= 15 is 0 Å². The van der Waals surface area contributed by atoms with Crippen molar-refractivity contribution in [1.82, 2.24) is 5.32 Å². The van der Waals surface area contributed by atoms with Gasteiger partial charge in [0, 0.05) is 23.7 Å². The highest BCUT2D eigenvalue weighted by molar-refractivity contribution is 7.10. The Balaban J connectivity index is 1.77. The van der Waals surface area contributed by atoms with Gasteiger partial charge in [-0.3, -0.25) is 4.79 Å². The van der Waals surface area contributed by atoms with E-state index in [1.54, 1.807) is 18.3 Å². The van der Waals surface area contributed by atoms with Gasteiger partial charge in [-0.25, -0.2) is 4.79 Å². The predicted molar refractivity (Wildman–Crippen MR) is 94.2 cm³/mol. The first-order chi connectivity index (χ1) is 11.7. The lowest BCUT2D eigenvalue weighted by Gasteiger charge is -2.30. The molecule has 1 aromatic carbocycles. The van der Waals surface area contributed by atoms with Crippen molar-refractivity contribution in [1.29, 1.82) is 0 Å². The van der Waals surface area contributed by atoms with Crippen molar-refractivity contribution in [3.63, 3.8) is 0 Å². The number of rotatable bonds is 5. The first-order valence-corrected chi connectivity index (χ1v) is 8.91. The summed E-state index contributed by atoms with van der Waals surface area (Å²) in [4.78, 5) is 26.8. The normalized spacial score (nSPS) is 14.1. The van der Waals surface area contributed by atoms with E-state index < -0.39 is 11.9 Å². The Kier molecular flexibility index (Phi) is 5.15. The molecule has 0 saturated carbocycles. The number of benzene rings is 1. The van der Waals surface area contributed by atoms with Crippen molar-refractivity contribution in [3.8, 4) is 0 Å². The largest absolute Gasteiger partial charge is 0.459 e. The van der Waals surface area contributed by atoms with Crippen LogP contribution in [0.4, 0.5) is 5.69 Å². The van der Waals surface area contributed by atoms with Crippen molar-refractivity contribution in [3.05, 3.63) is 52.2 Å². The maximum atomic E-state index is 11.9. The second kappa shape index (κ2) is 7.49. The van der Waals surface area contributed by atoms with Crippen molar-refractivity contribution in [2.45, 2.75) is 19.4 Å². The van der Waals surface area contributed by atoms with Crippen LogP contribution in [0.2, 0.25) is 0 Å². The van der Waals surface area contributed by atoms with Crippen molar-refractivity contribution in [2.75, 3.05) is 24.6 Å². The smallest absolute Gasteiger partial charge is 0.396 e. The zero-order valence-electron chi connectivity index (χ0n) is 13.5. The van der Waals surface area contributed by atoms with Crippen LogP contribution in [0.15, 0.2) is 41.8 Å². The fourth-order valence-corrected chi connectivity index (χ4v) is 3.83. The van der Waals surface area contributed by atoms with Gasteiger partial charge in [0.05, 0.1) is 12.6 Å². The molecular weight excluding hydrogens is 324 g/mol. The molecule has 6 heteroatoms. The van der Waals surface area contributed by atoms with Crippen LogP contribution in [0.1, 0.15) is 23.4 Å². The maximum Gasteiger partial charge on any atom is 0.396 e. The SMILES string of the molecule is CCOC(=O)C(=O)NCC(c1cccs1)N1CCc2ccccc21. The van der Waals surface area contributed by atoms with E-state index in [4.69, 9.17) is 4.74 Å². The summed E-state index contributed by atoms with van der Waals surface area (Å²) in [6, 6.07) is 12.4. The van der Waals surface area contributed by atoms with E-state index in [9.17, 15) is 9.59 Å². The van der Waals surface area contributed by atoms with Crippen LogP contribution < -0.4 is 10.2 Å². The number of thiophene rings is 1. The molecule has 0 spiro atoms. The van der Waals surface area contributed by atoms with Gasteiger partial charge in [0.1, 0.15) is 0 Å². The third-order valence-corrected chi connectivity index (χ3v) is 5.06. The highest BCUT2D eigenvalue weighted by atomic mass is 32.1. The summed E-state index contributed by atoms with van der Waals surface area (Å²) in [5.41, 5.74) is 2.51. The van der Waals surface area contributed by atoms with Crippen LogP contribution in [0.5, 0.6) is 0 Å². The number of nitrogens with zero attached hydrogens (tertiary/aromatic N) is 1. The van der Waals surface area contributed by atoms with Gasteiger partial charge >= 0.3 is 11.9 Å². The molecule has 2 heterocycles. The number of esters is 1. The number of amides is 1. The van der Waals surface area contributed by atoms with Gasteiger partial charge in [-0.15, -0.1) is 11.3 Å². The predicted octanol–water partition coefficient (Wildman–Crippen LogP) is 2.53. The summed E-state index contributed by atoms with van der Waals surface area (Å²) >= 11 is 1.65. The number of para-hydroxylation sites is 1. The standard InChI is InChI=1S/C18H20N2O3S/c1-2-23-18(22)17(21)19-12-15(16-8-5-11-24-16)20-10-9-13-6-3-4-7-14(13)20/h3-8,11,15H,2,9-10,12H2,1H3,(H,19,21). The van der Waals surface area contributed by atoms with Gasteiger partial charge in [0.15, 0.2) is 0 Å². The summed E-state index contributed by atoms with van der Waals surface area (Å²) in [6.45, 7) is 3.14. The van der Waals surface area contributed by atoms with E-state index in [0.29, 0.717) is 6.54 Å². The van der Waals surface area contributed by atoms with Gasteiger partial charge in [0.25, 0.3) is 0 Å². The fourth-order valence-electron chi connectivity index (χ4n) is 2.99. The molecule has 1 atom stereocenters. The average Bonchev–Trinajstić information content (AvgIpc) is 3.25. The van der Waals surface area contributed by atoms with Crippen LogP contribution in [0.25, 0.3) is 0 Å². The third kappa shape index (κ3) is 3.43. The first-order valence-electron chi connectivity index (χ1n) is 8.03. The molecule has 0 saturated heterocycles. The lowest BCUT2D eigenvalue weighted by atomic mass is 10.1. The van der Waals surface area contributed by atoms with Crippen molar-refractivity contribution in [2.24, 2.45) is 0 Å². The first kappa shape index (κ1) is 16.5. The number of hydrogen-bond donors (Lipinski definition) is 1. The summed E-state index contributed by atoms with van der Waals surface area (Å²) in [5.74, 6) is -1.52. The number of nitrogens with one attached hydrogen (secondary N) is 1. The minimum absolute atomic E-state index is 0.00651. The molecule has 1 unspecified atom stereocenters. The van der Waals surface area contributed by atoms with Gasteiger partial charge in [-0.1, -0.05) is 24.3 Å². The molecule has 0 bridgehead atoms. The lowest BCUT2D eigenvalue weighted by Crippen LogP contribution is -2.40. The van der Waals surface area contributed by atoms with Crippen LogP contribution >= 0.6 is 11.3 Å². The maximum absolute atomic E-state index is 11.9. The molecular formula is C18H20N2O3S. The molecule has 0 fully saturated rings. The van der Waals surface area contributed by atoms with Gasteiger partial charge in [-0.05, 0) is 36.4 Å². The van der Waals surface area contributed by atoms with Gasteiger partial charge in [-0.2, -0.15) is 0 Å². The number of hydrogen-bond acceptors (Lipinski definition) is 5. The molecule has 1 N–H and O–H groups in total. The van der Waals surface area contributed by atoms with E-state index in [1.165, 1.54) is 11.3 Å². The Bertz CT molecular complexity index is 715. The molecule has 0 radical (unpaired) electrons. The zero-order chi connectivity index (χ0) is 16.9. The summed E-state index contributed by atoms with van der Waals surface area (Å²) in [6.07, 6.45) is 0.990. The van der Waals surface area contributed by atoms with E-state index in [1.807, 2.05) is 23.6 Å². The summed E-state index contributed by atoms with van der Waals surface area (Å²) < 4.78 is 4.75. The molecule has 1 amide bonds. The Hall–Kier alpha value is -2.34. The average molecular weight is 344 g/mol. The molecule has 1 aliphatic rings. The third-order valence-electron chi connectivity index (χ3n) is 4.09. The minimum atomic E-state index is -0.829. The lowest BCUT2D eigenvalue weighted by molar-refractivity contribution is -0.154. The number of carbonyl (C=O) groups is 2. The van der Waals surface area contributed by atoms with E-state index in [2.05, 4.69) is 28.4 Å². The highest BCUT2D eigenvalue weighted by Gasteiger charge is 2.28. The summed E-state index contributed by atoms with van der Waals surface area (Å²) in [7, 11) is 0. The van der Waals surface area contributed by atoms with Crippen LogP contribution in [0, 0.1) is 0 Å². The second-order valence-electron chi connectivity index (χ2n) is 5.53. The van der Waals surface area contributed by atoms with Crippen molar-refractivity contribution < 1.29 is 14.3 Å². The monoisotopic (exact) mass is 344 g/mol. The molecule has 3 rings (SSSR count). The van der Waals surface area contributed by atoms with Crippen LogP contribution in [-0.4, -0.2) is 31.6 Å². The second-order valence-corrected chi connectivity index (χ2v) is 6.51. The number of fused-ring (bicyclic) bond motifs is 1.